The SMILES string of the molecule is CCOC(=O)c1ccccc1C(O)(CC(F)(F)C(F)(F)C(F)(F)C(F)(F)C(F)(F)C(F)(F)F)C(F)(F)F. The third kappa shape index (κ3) is 5.01. The minimum absolute atomic E-state index is 0.00147. The molecule has 1 unspecified atom stereocenters. The molecule has 1 aromatic carbocycles. The van der Waals surface area contributed by atoms with Crippen molar-refractivity contribution in [2.75, 3.05) is 6.61 Å². The Morgan fingerprint density at radius 2 is 1.14 bits per heavy atom. The van der Waals surface area contributed by atoms with Crippen LogP contribution in [0.2, 0.25) is 0 Å². The van der Waals surface area contributed by atoms with E-state index in [-0.39, 0.29) is 6.07 Å². The number of aliphatic hydroxyl groups is 1. The minimum atomic E-state index is -8.37. The number of halogens is 16. The van der Waals surface area contributed by atoms with Crippen LogP contribution in [0.15, 0.2) is 24.3 Å². The molecule has 0 amide bonds. The zero-order valence-electron chi connectivity index (χ0n) is 17.5. The molecule has 214 valence electrons. The summed E-state index contributed by atoms with van der Waals surface area (Å²) in [7, 11) is 0. The van der Waals surface area contributed by atoms with Gasteiger partial charge in [-0.15, -0.1) is 0 Å². The second-order valence-electron chi connectivity index (χ2n) is 7.30. The van der Waals surface area contributed by atoms with Crippen molar-refractivity contribution in [3.63, 3.8) is 0 Å². The van der Waals surface area contributed by atoms with E-state index in [1.54, 1.807) is 0 Å². The number of benzene rings is 1. The molecule has 1 atom stereocenters. The number of carbonyl (C=O) groups excluding carboxylic acids is 1. The van der Waals surface area contributed by atoms with E-state index in [1.165, 1.54) is 0 Å². The van der Waals surface area contributed by atoms with Gasteiger partial charge in [0, 0.05) is 5.56 Å². The number of esters is 1. The molecule has 0 spiro atoms. The fraction of sp³-hybridized carbons (Fsp3) is 0.611. The van der Waals surface area contributed by atoms with E-state index in [4.69, 9.17) is 0 Å². The molecule has 0 bridgehead atoms. The lowest BCUT2D eigenvalue weighted by molar-refractivity contribution is -0.443. The number of hydrogen-bond acceptors (Lipinski definition) is 3. The maximum absolute atomic E-state index is 14.2. The number of carbonyl (C=O) groups is 1. The van der Waals surface area contributed by atoms with Crippen LogP contribution in [-0.4, -0.2) is 59.6 Å². The number of ether oxygens (including phenoxy) is 1. The van der Waals surface area contributed by atoms with Crippen molar-refractivity contribution in [1.82, 2.24) is 0 Å². The van der Waals surface area contributed by atoms with Crippen LogP contribution in [0.4, 0.5) is 70.2 Å². The summed E-state index contributed by atoms with van der Waals surface area (Å²) >= 11 is 0. The van der Waals surface area contributed by atoms with Gasteiger partial charge in [0.05, 0.1) is 18.6 Å². The second kappa shape index (κ2) is 9.37. The van der Waals surface area contributed by atoms with Crippen molar-refractivity contribution >= 4 is 5.97 Å². The van der Waals surface area contributed by atoms with Gasteiger partial charge in [-0.25, -0.2) is 4.79 Å². The summed E-state index contributed by atoms with van der Waals surface area (Å²) in [4.78, 5) is 11.9. The van der Waals surface area contributed by atoms with Gasteiger partial charge in [-0.2, -0.15) is 70.2 Å². The van der Waals surface area contributed by atoms with Gasteiger partial charge >= 0.3 is 47.9 Å². The second-order valence-corrected chi connectivity index (χ2v) is 7.30. The zero-order chi connectivity index (χ0) is 29.7. The smallest absolute Gasteiger partial charge is 0.460 e. The first-order chi connectivity index (χ1) is 16.2. The quantitative estimate of drug-likeness (QED) is 0.260. The van der Waals surface area contributed by atoms with Crippen LogP contribution < -0.4 is 0 Å². The van der Waals surface area contributed by atoms with Crippen LogP contribution in [-0.2, 0) is 10.3 Å². The predicted molar refractivity (Wildman–Crippen MR) is 87.8 cm³/mol. The topological polar surface area (TPSA) is 46.5 Å². The van der Waals surface area contributed by atoms with E-state index < -0.39 is 77.7 Å². The van der Waals surface area contributed by atoms with Gasteiger partial charge in [-0.1, -0.05) is 18.2 Å². The molecular weight excluding hydrogens is 568 g/mol. The first kappa shape index (κ1) is 32.6. The van der Waals surface area contributed by atoms with Crippen LogP contribution in [0.3, 0.4) is 0 Å². The summed E-state index contributed by atoms with van der Waals surface area (Å²) in [6.45, 7) is 0.477. The Morgan fingerprint density at radius 3 is 1.54 bits per heavy atom. The Kier molecular flexibility index (Phi) is 8.25. The van der Waals surface area contributed by atoms with Gasteiger partial charge in [0.2, 0.25) is 0 Å². The molecule has 1 N–H and O–H groups in total. The molecule has 19 heteroatoms. The number of hydrogen-bond donors (Lipinski definition) is 1. The van der Waals surface area contributed by atoms with Gasteiger partial charge in [-0.3, -0.25) is 0 Å². The van der Waals surface area contributed by atoms with E-state index in [9.17, 15) is 80.1 Å². The molecule has 0 aliphatic carbocycles. The molecular formula is C18H12F16O3. The first-order valence-electron chi connectivity index (χ1n) is 9.19. The standard InChI is InChI=1S/C18H12F16O3/c1-2-37-10(35)8-5-3-4-6-9(8)11(36,17(29,30)31)7-12(19,20)13(21,22)14(23,24)15(25,26)16(27,28)18(32,33)34/h3-6,36H,2,7H2,1H3. The van der Waals surface area contributed by atoms with Crippen LogP contribution in [0.1, 0.15) is 29.3 Å². The molecule has 0 aromatic heterocycles. The molecule has 37 heavy (non-hydrogen) atoms. The highest BCUT2D eigenvalue weighted by molar-refractivity contribution is 5.91. The maximum atomic E-state index is 14.2. The molecule has 1 aromatic rings. The summed E-state index contributed by atoms with van der Waals surface area (Å²) < 4.78 is 218. The van der Waals surface area contributed by atoms with E-state index in [0.29, 0.717) is 12.1 Å². The molecule has 3 nitrogen and oxygen atoms in total. The fourth-order valence-electron chi connectivity index (χ4n) is 2.81. The van der Waals surface area contributed by atoms with Crippen LogP contribution in [0.5, 0.6) is 0 Å². The lowest BCUT2D eigenvalue weighted by Gasteiger charge is -2.42. The van der Waals surface area contributed by atoms with Gasteiger partial charge in [-0.05, 0) is 13.0 Å². The van der Waals surface area contributed by atoms with E-state index >= 15 is 0 Å². The van der Waals surface area contributed by atoms with Gasteiger partial charge in [0.25, 0.3) is 0 Å². The highest BCUT2D eigenvalue weighted by Crippen LogP contribution is 2.62. The molecule has 0 radical (unpaired) electrons. The maximum Gasteiger partial charge on any atom is 0.460 e. The first-order valence-corrected chi connectivity index (χ1v) is 9.19. The third-order valence-corrected chi connectivity index (χ3v) is 4.81. The summed E-state index contributed by atoms with van der Waals surface area (Å²) in [5.41, 5.74) is -8.97. The summed E-state index contributed by atoms with van der Waals surface area (Å²) in [5.74, 6) is -42.0. The third-order valence-electron chi connectivity index (χ3n) is 4.81. The molecule has 0 aliphatic heterocycles. The predicted octanol–water partition coefficient (Wildman–Crippen LogP) is 6.74. The molecule has 0 heterocycles. The molecule has 0 fully saturated rings. The minimum Gasteiger partial charge on any atom is -0.462 e. The highest BCUT2D eigenvalue weighted by atomic mass is 19.4. The van der Waals surface area contributed by atoms with Crippen molar-refractivity contribution in [2.24, 2.45) is 0 Å². The Bertz CT molecular complexity index is 982. The van der Waals surface area contributed by atoms with Crippen molar-refractivity contribution in [1.29, 1.82) is 0 Å². The number of rotatable bonds is 9. The highest BCUT2D eigenvalue weighted by Gasteiger charge is 2.91. The summed E-state index contributed by atoms with van der Waals surface area (Å²) in [6, 6.07) is 1.57. The summed E-state index contributed by atoms with van der Waals surface area (Å²) in [6.07, 6.45) is -18.4. The zero-order valence-corrected chi connectivity index (χ0v) is 17.5. The van der Waals surface area contributed by atoms with Crippen molar-refractivity contribution < 1.29 is 84.9 Å². The van der Waals surface area contributed by atoms with E-state index in [2.05, 4.69) is 4.74 Å². The van der Waals surface area contributed by atoms with Gasteiger partial charge in [0.1, 0.15) is 0 Å². The average molecular weight is 580 g/mol. The van der Waals surface area contributed by atoms with Crippen LogP contribution in [0.25, 0.3) is 0 Å². The van der Waals surface area contributed by atoms with Crippen LogP contribution >= 0.6 is 0 Å². The van der Waals surface area contributed by atoms with E-state index in [1.807, 2.05) is 0 Å². The van der Waals surface area contributed by atoms with Crippen molar-refractivity contribution in [3.05, 3.63) is 35.4 Å². The van der Waals surface area contributed by atoms with Gasteiger partial charge in [0.15, 0.2) is 5.60 Å². The lowest BCUT2D eigenvalue weighted by atomic mass is 9.81. The van der Waals surface area contributed by atoms with Gasteiger partial charge < -0.3 is 9.84 Å². The molecule has 1 rings (SSSR count). The van der Waals surface area contributed by atoms with Crippen molar-refractivity contribution in [2.45, 2.75) is 60.9 Å². The van der Waals surface area contributed by atoms with E-state index in [0.717, 1.165) is 13.0 Å². The lowest BCUT2D eigenvalue weighted by Crippen LogP contribution is -2.70. The fourth-order valence-corrected chi connectivity index (χ4v) is 2.81. The Labute approximate surface area is 195 Å². The Hall–Kier alpha value is -2.47. The molecule has 0 aliphatic rings. The number of alkyl halides is 16. The molecule has 0 saturated heterocycles. The van der Waals surface area contributed by atoms with Crippen molar-refractivity contribution in [3.8, 4) is 0 Å². The summed E-state index contributed by atoms with van der Waals surface area (Å²) in [5, 5.41) is 9.97. The largest absolute Gasteiger partial charge is 0.462 e. The Balaban J connectivity index is 3.80. The monoisotopic (exact) mass is 580 g/mol. The van der Waals surface area contributed by atoms with Crippen LogP contribution in [0, 0.1) is 0 Å². The normalized spacial score (nSPS) is 16.4. The average Bonchev–Trinajstić information content (AvgIpc) is 2.71. The molecule has 0 saturated carbocycles. The Morgan fingerprint density at radius 1 is 0.703 bits per heavy atom.